The molecule has 140 valence electrons. The SMILES string of the molecule is O=C(CC(=O)C(F)(F)C(C(F)(F)F)C(F)(F)F)c1cc(Cl)cc(Br)c1. The molecule has 25 heavy (non-hydrogen) atoms. The van der Waals surface area contributed by atoms with Crippen molar-refractivity contribution >= 4 is 39.1 Å². The third-order valence-electron chi connectivity index (χ3n) is 2.89. The van der Waals surface area contributed by atoms with Crippen LogP contribution in [0.5, 0.6) is 0 Å². The molecule has 0 spiro atoms. The Morgan fingerprint density at radius 2 is 1.44 bits per heavy atom. The fourth-order valence-corrected chi connectivity index (χ4v) is 2.70. The van der Waals surface area contributed by atoms with E-state index in [4.69, 9.17) is 11.6 Å². The highest BCUT2D eigenvalue weighted by Gasteiger charge is 2.71. The van der Waals surface area contributed by atoms with Crippen LogP contribution in [-0.4, -0.2) is 29.8 Å². The third-order valence-corrected chi connectivity index (χ3v) is 3.57. The van der Waals surface area contributed by atoms with Gasteiger partial charge >= 0.3 is 18.3 Å². The monoisotopic (exact) mass is 460 g/mol. The molecule has 0 saturated heterocycles. The Morgan fingerprint density at radius 3 is 1.84 bits per heavy atom. The zero-order chi connectivity index (χ0) is 19.8. The third kappa shape index (κ3) is 5.37. The van der Waals surface area contributed by atoms with E-state index in [2.05, 4.69) is 15.9 Å². The number of ketones is 2. The van der Waals surface area contributed by atoms with Crippen LogP contribution in [0.3, 0.4) is 0 Å². The van der Waals surface area contributed by atoms with Crippen LogP contribution in [0.25, 0.3) is 0 Å². The second-order valence-corrected chi connectivity index (χ2v) is 6.17. The van der Waals surface area contributed by atoms with Crippen LogP contribution in [0.2, 0.25) is 5.02 Å². The van der Waals surface area contributed by atoms with Crippen molar-refractivity contribution in [3.63, 3.8) is 0 Å². The van der Waals surface area contributed by atoms with Crippen molar-refractivity contribution in [1.82, 2.24) is 0 Å². The molecule has 0 heterocycles. The highest BCUT2D eigenvalue weighted by Crippen LogP contribution is 2.48. The zero-order valence-electron chi connectivity index (χ0n) is 11.6. The number of Topliss-reactive ketones (excluding diaryl/α,β-unsaturated/α-hetero) is 2. The summed E-state index contributed by atoms with van der Waals surface area (Å²) in [6, 6.07) is 3.22. The molecule has 0 saturated carbocycles. The summed E-state index contributed by atoms with van der Waals surface area (Å²) in [7, 11) is 0. The predicted molar refractivity (Wildman–Crippen MR) is 73.7 cm³/mol. The highest BCUT2D eigenvalue weighted by molar-refractivity contribution is 9.10. The van der Waals surface area contributed by atoms with Gasteiger partial charge in [-0.2, -0.15) is 35.1 Å². The molecule has 0 bridgehead atoms. The number of hydrogen-bond acceptors (Lipinski definition) is 2. The lowest BCUT2D eigenvalue weighted by molar-refractivity contribution is -0.329. The summed E-state index contributed by atoms with van der Waals surface area (Å²) in [5.74, 6) is -15.3. The first-order valence-corrected chi connectivity index (χ1v) is 7.27. The lowest BCUT2D eigenvalue weighted by Gasteiger charge is -2.29. The number of rotatable bonds is 5. The van der Waals surface area contributed by atoms with Crippen LogP contribution < -0.4 is 0 Å². The summed E-state index contributed by atoms with van der Waals surface area (Å²) >= 11 is 8.47. The lowest BCUT2D eigenvalue weighted by atomic mass is 9.92. The van der Waals surface area contributed by atoms with Gasteiger partial charge in [-0.3, -0.25) is 9.59 Å². The Hall–Kier alpha value is -1.23. The van der Waals surface area contributed by atoms with Gasteiger partial charge in [0, 0.05) is 15.1 Å². The van der Waals surface area contributed by atoms with E-state index in [-0.39, 0.29) is 9.50 Å². The summed E-state index contributed by atoms with van der Waals surface area (Å²) in [6.45, 7) is 0. The molecule has 0 unspecified atom stereocenters. The average molecular weight is 462 g/mol. The van der Waals surface area contributed by atoms with Gasteiger partial charge in [0.05, 0.1) is 6.42 Å². The number of carbonyl (C=O) groups excluding carboxylic acids is 2. The second-order valence-electron chi connectivity index (χ2n) is 4.82. The van der Waals surface area contributed by atoms with Crippen molar-refractivity contribution in [2.24, 2.45) is 5.92 Å². The van der Waals surface area contributed by atoms with Gasteiger partial charge in [-0.1, -0.05) is 27.5 Å². The Labute approximate surface area is 148 Å². The van der Waals surface area contributed by atoms with E-state index in [1.54, 1.807) is 0 Å². The summed E-state index contributed by atoms with van der Waals surface area (Å²) < 4.78 is 102. The molecule has 0 atom stereocenters. The van der Waals surface area contributed by atoms with Gasteiger partial charge in [-0.25, -0.2) is 0 Å². The summed E-state index contributed by atoms with van der Waals surface area (Å²) in [4.78, 5) is 23.1. The van der Waals surface area contributed by atoms with Gasteiger partial charge in [0.2, 0.25) is 11.7 Å². The number of halogens is 10. The van der Waals surface area contributed by atoms with Gasteiger partial charge in [0.1, 0.15) is 0 Å². The predicted octanol–water partition coefficient (Wildman–Crippen LogP) is 5.62. The number of hydrogen-bond donors (Lipinski definition) is 0. The van der Waals surface area contributed by atoms with E-state index in [0.717, 1.165) is 12.1 Å². The van der Waals surface area contributed by atoms with Crippen molar-refractivity contribution < 1.29 is 44.7 Å². The van der Waals surface area contributed by atoms with Crippen molar-refractivity contribution in [1.29, 1.82) is 0 Å². The number of carbonyl (C=O) groups is 2. The van der Waals surface area contributed by atoms with Gasteiger partial charge in [-0.05, 0) is 18.2 Å². The van der Waals surface area contributed by atoms with Crippen molar-refractivity contribution in [3.05, 3.63) is 33.3 Å². The minimum absolute atomic E-state index is 0.0691. The highest BCUT2D eigenvalue weighted by atomic mass is 79.9. The molecule has 0 amide bonds. The molecule has 1 aromatic rings. The smallest absolute Gasteiger partial charge is 0.294 e. The first-order chi connectivity index (χ1) is 11.1. The van der Waals surface area contributed by atoms with Gasteiger partial charge < -0.3 is 0 Å². The number of benzene rings is 1. The minimum atomic E-state index is -6.43. The summed E-state index contributed by atoms with van der Waals surface area (Å²) in [6.07, 6.45) is -14.7. The topological polar surface area (TPSA) is 34.1 Å². The molecule has 0 aliphatic heterocycles. The fourth-order valence-electron chi connectivity index (χ4n) is 1.84. The van der Waals surface area contributed by atoms with Gasteiger partial charge in [-0.15, -0.1) is 0 Å². The van der Waals surface area contributed by atoms with E-state index in [1.807, 2.05) is 0 Å². The summed E-state index contributed by atoms with van der Waals surface area (Å²) in [5, 5.41) is -0.0691. The fraction of sp³-hybridized carbons (Fsp3) is 0.385. The first-order valence-electron chi connectivity index (χ1n) is 6.10. The molecule has 12 heteroatoms. The number of alkyl halides is 8. The van der Waals surface area contributed by atoms with E-state index in [1.165, 1.54) is 6.07 Å². The van der Waals surface area contributed by atoms with Crippen molar-refractivity contribution in [3.8, 4) is 0 Å². The zero-order valence-corrected chi connectivity index (χ0v) is 14.0. The molecule has 2 nitrogen and oxygen atoms in total. The molecular formula is C13H6BrClF8O2. The maximum Gasteiger partial charge on any atom is 0.406 e. The van der Waals surface area contributed by atoms with Crippen LogP contribution in [-0.2, 0) is 4.79 Å². The quantitative estimate of drug-likeness (QED) is 0.324. The van der Waals surface area contributed by atoms with Crippen molar-refractivity contribution in [2.45, 2.75) is 24.7 Å². The molecular weight excluding hydrogens is 455 g/mol. The second kappa shape index (κ2) is 7.18. The molecule has 1 aromatic carbocycles. The minimum Gasteiger partial charge on any atom is -0.294 e. The van der Waals surface area contributed by atoms with E-state index >= 15 is 0 Å². The van der Waals surface area contributed by atoms with Gasteiger partial charge in [0.15, 0.2) is 5.78 Å². The molecule has 0 aliphatic carbocycles. The van der Waals surface area contributed by atoms with Crippen LogP contribution in [0.4, 0.5) is 35.1 Å². The standard InChI is InChI=1S/C13H6BrClF8O2/c14-6-1-5(2-7(15)3-6)8(24)4-9(25)11(16,17)10(12(18,19)20)13(21,22)23/h1-3,10H,4H2. The normalized spacial score (nSPS) is 13.2. The first kappa shape index (κ1) is 21.8. The molecule has 0 N–H and O–H groups in total. The molecule has 0 fully saturated rings. The molecule has 1 rings (SSSR count). The van der Waals surface area contributed by atoms with Crippen LogP contribution in [0, 0.1) is 5.92 Å². The molecule has 0 aromatic heterocycles. The summed E-state index contributed by atoms with van der Waals surface area (Å²) in [5.41, 5.74) is -0.431. The van der Waals surface area contributed by atoms with Crippen LogP contribution >= 0.6 is 27.5 Å². The Kier molecular flexibility index (Phi) is 6.26. The molecule has 0 aliphatic rings. The van der Waals surface area contributed by atoms with Crippen LogP contribution in [0.15, 0.2) is 22.7 Å². The van der Waals surface area contributed by atoms with Crippen LogP contribution in [0.1, 0.15) is 16.8 Å². The van der Waals surface area contributed by atoms with E-state index < -0.39 is 47.7 Å². The Bertz CT molecular complexity index is 649. The lowest BCUT2D eigenvalue weighted by Crippen LogP contribution is -2.53. The van der Waals surface area contributed by atoms with Crippen molar-refractivity contribution in [2.75, 3.05) is 0 Å². The molecule has 0 radical (unpaired) electrons. The maximum absolute atomic E-state index is 13.5. The van der Waals surface area contributed by atoms with Gasteiger partial charge in [0.25, 0.3) is 0 Å². The average Bonchev–Trinajstić information content (AvgIpc) is 2.32. The van der Waals surface area contributed by atoms with E-state index in [9.17, 15) is 44.7 Å². The van der Waals surface area contributed by atoms with E-state index in [0.29, 0.717) is 0 Å². The Balaban J connectivity index is 3.13. The largest absolute Gasteiger partial charge is 0.406 e. The maximum atomic E-state index is 13.5. The Morgan fingerprint density at radius 1 is 0.960 bits per heavy atom.